The lowest BCUT2D eigenvalue weighted by Crippen LogP contribution is -2.44. The first-order valence-corrected chi connectivity index (χ1v) is 11.8. The van der Waals surface area contributed by atoms with Crippen molar-refractivity contribution < 1.29 is 0 Å². The topological polar surface area (TPSA) is 74.1 Å². The van der Waals surface area contributed by atoms with Gasteiger partial charge in [-0.15, -0.1) is 0 Å². The Hall–Kier alpha value is -3.22. The van der Waals surface area contributed by atoms with Gasteiger partial charge >= 0.3 is 0 Å². The second-order valence-electron chi connectivity index (χ2n) is 9.54. The number of benzene rings is 2. The lowest BCUT2D eigenvalue weighted by Gasteiger charge is -2.34. The molecule has 33 heavy (non-hydrogen) atoms. The maximum Gasteiger partial charge on any atom is 0.100 e. The van der Waals surface area contributed by atoms with Crippen LogP contribution in [-0.4, -0.2) is 53.3 Å². The van der Waals surface area contributed by atoms with Gasteiger partial charge in [-0.1, -0.05) is 18.2 Å². The predicted molar refractivity (Wildman–Crippen MR) is 134 cm³/mol. The third-order valence-electron chi connectivity index (χ3n) is 7.34. The number of hydrogen-bond donors (Lipinski definition) is 2. The highest BCUT2D eigenvalue weighted by atomic mass is 15.2. The van der Waals surface area contributed by atoms with E-state index in [4.69, 9.17) is 10.7 Å². The summed E-state index contributed by atoms with van der Waals surface area (Å²) in [6.45, 7) is 6.51. The Morgan fingerprint density at radius 1 is 1.03 bits per heavy atom. The molecule has 1 aliphatic heterocycles. The number of fused-ring (bicyclic) bond motifs is 2. The van der Waals surface area contributed by atoms with Crippen molar-refractivity contribution in [3.63, 3.8) is 0 Å². The number of rotatable bonds is 3. The van der Waals surface area contributed by atoms with Crippen LogP contribution >= 0.6 is 0 Å². The van der Waals surface area contributed by atoms with Crippen molar-refractivity contribution in [1.82, 2.24) is 20.1 Å². The maximum atomic E-state index is 6.28. The quantitative estimate of drug-likeness (QED) is 0.499. The number of hydrogen-bond acceptors (Lipinski definition) is 5. The molecule has 6 nitrogen and oxygen atoms in total. The molecule has 2 aromatic carbocycles. The molecule has 1 fully saturated rings. The average Bonchev–Trinajstić information content (AvgIpc) is 3.42. The Balaban J connectivity index is 1.34. The van der Waals surface area contributed by atoms with E-state index in [1.54, 1.807) is 0 Å². The fourth-order valence-corrected chi connectivity index (χ4v) is 5.26. The third-order valence-corrected chi connectivity index (χ3v) is 7.34. The number of H-pyrrole nitrogens is 1. The number of aromatic nitrogens is 3. The van der Waals surface area contributed by atoms with E-state index in [-0.39, 0.29) is 6.04 Å². The molecule has 0 bridgehead atoms. The van der Waals surface area contributed by atoms with Crippen LogP contribution < -0.4 is 10.6 Å². The van der Waals surface area contributed by atoms with Crippen LogP contribution in [-0.2, 0) is 6.42 Å². The molecule has 0 amide bonds. The first-order valence-electron chi connectivity index (χ1n) is 11.8. The van der Waals surface area contributed by atoms with Gasteiger partial charge in [0.2, 0.25) is 0 Å². The first-order chi connectivity index (χ1) is 16.1. The largest absolute Gasteiger partial charge is 0.369 e. The first kappa shape index (κ1) is 20.4. The van der Waals surface area contributed by atoms with Gasteiger partial charge in [0, 0.05) is 54.4 Å². The summed E-state index contributed by atoms with van der Waals surface area (Å²) in [5, 5.41) is 8.91. The smallest absolute Gasteiger partial charge is 0.100 e. The molecule has 0 radical (unpaired) electrons. The molecule has 0 spiro atoms. The number of likely N-dealkylation sites (N-methyl/N-ethyl adjacent to an activating group) is 1. The van der Waals surface area contributed by atoms with Crippen molar-refractivity contribution in [3.8, 4) is 22.5 Å². The van der Waals surface area contributed by atoms with Gasteiger partial charge in [0.05, 0.1) is 17.4 Å². The molecule has 2 aliphatic rings. The van der Waals surface area contributed by atoms with Crippen LogP contribution in [0.15, 0.2) is 48.7 Å². The maximum absolute atomic E-state index is 6.28. The minimum Gasteiger partial charge on any atom is -0.369 e. The molecule has 3 N–H and O–H groups in total. The molecule has 1 saturated heterocycles. The lowest BCUT2D eigenvalue weighted by molar-refractivity contribution is 0.313. The second-order valence-corrected chi connectivity index (χ2v) is 9.54. The van der Waals surface area contributed by atoms with Gasteiger partial charge in [-0.25, -0.2) is 0 Å². The van der Waals surface area contributed by atoms with Crippen LogP contribution in [0.3, 0.4) is 0 Å². The summed E-state index contributed by atoms with van der Waals surface area (Å²) in [6, 6.07) is 15.7. The van der Waals surface area contributed by atoms with E-state index in [2.05, 4.69) is 76.4 Å². The van der Waals surface area contributed by atoms with Gasteiger partial charge in [-0.05, 0) is 67.8 Å². The number of aromatic amines is 1. The van der Waals surface area contributed by atoms with Crippen LogP contribution in [0.2, 0.25) is 0 Å². The van der Waals surface area contributed by atoms with Crippen molar-refractivity contribution in [2.45, 2.75) is 25.8 Å². The SMILES string of the molecule is Cc1cc2c(cc1-c1cc3c(-c4ccc(N5CCN(C)CC5)cc4)n[nH]c3cn1)CCC2N. The van der Waals surface area contributed by atoms with E-state index < -0.39 is 0 Å². The number of piperazine rings is 1. The van der Waals surface area contributed by atoms with E-state index in [9.17, 15) is 0 Å². The monoisotopic (exact) mass is 438 g/mol. The Labute approximate surface area is 194 Å². The Kier molecular flexibility index (Phi) is 4.93. The van der Waals surface area contributed by atoms with Crippen molar-refractivity contribution in [2.75, 3.05) is 38.1 Å². The van der Waals surface area contributed by atoms with E-state index in [0.29, 0.717) is 0 Å². The second kappa shape index (κ2) is 7.97. The Bertz CT molecular complexity index is 1310. The molecular weight excluding hydrogens is 408 g/mol. The summed E-state index contributed by atoms with van der Waals surface area (Å²) < 4.78 is 0. The van der Waals surface area contributed by atoms with Crippen LogP contribution in [0.5, 0.6) is 0 Å². The molecular formula is C27H30N6. The van der Waals surface area contributed by atoms with Crippen LogP contribution in [0.4, 0.5) is 5.69 Å². The summed E-state index contributed by atoms with van der Waals surface area (Å²) in [6.07, 6.45) is 3.97. The van der Waals surface area contributed by atoms with Crippen molar-refractivity contribution in [3.05, 3.63) is 65.4 Å². The molecule has 2 aromatic heterocycles. The number of nitrogens with one attached hydrogen (secondary N) is 1. The zero-order valence-corrected chi connectivity index (χ0v) is 19.3. The molecule has 168 valence electrons. The number of nitrogens with zero attached hydrogens (tertiary/aromatic N) is 4. The van der Waals surface area contributed by atoms with Gasteiger partial charge in [-0.2, -0.15) is 5.10 Å². The fourth-order valence-electron chi connectivity index (χ4n) is 5.26. The molecule has 1 unspecified atom stereocenters. The Morgan fingerprint density at radius 3 is 2.61 bits per heavy atom. The standard InChI is InChI=1S/C27H30N6/c1-17-13-22-19(5-8-24(22)28)14-21(17)25-15-23-26(16-29-25)30-31-27(23)18-3-6-20(7-4-18)33-11-9-32(2)10-12-33/h3-4,6-7,13-16,24H,5,8-12,28H2,1-2H3,(H,30,31). The molecule has 1 aliphatic carbocycles. The highest BCUT2D eigenvalue weighted by Gasteiger charge is 2.21. The van der Waals surface area contributed by atoms with Crippen LogP contribution in [0.25, 0.3) is 33.4 Å². The molecule has 3 heterocycles. The van der Waals surface area contributed by atoms with Gasteiger partial charge in [0.15, 0.2) is 0 Å². The zero-order chi connectivity index (χ0) is 22.5. The lowest BCUT2D eigenvalue weighted by atomic mass is 9.96. The zero-order valence-electron chi connectivity index (χ0n) is 19.3. The number of pyridine rings is 1. The van der Waals surface area contributed by atoms with Gasteiger partial charge < -0.3 is 15.5 Å². The van der Waals surface area contributed by atoms with E-state index in [1.165, 1.54) is 27.9 Å². The molecule has 4 aromatic rings. The number of nitrogens with two attached hydrogens (primary N) is 1. The van der Waals surface area contributed by atoms with Crippen molar-refractivity contribution in [1.29, 1.82) is 0 Å². The van der Waals surface area contributed by atoms with Crippen LogP contribution in [0.1, 0.15) is 29.2 Å². The average molecular weight is 439 g/mol. The minimum atomic E-state index is 0.164. The fraction of sp³-hybridized carbons (Fsp3) is 0.333. The molecule has 1 atom stereocenters. The summed E-state index contributed by atoms with van der Waals surface area (Å²) >= 11 is 0. The third kappa shape index (κ3) is 3.59. The van der Waals surface area contributed by atoms with Crippen molar-refractivity contribution >= 4 is 16.6 Å². The molecule has 6 heteroatoms. The normalized spacial score (nSPS) is 18.8. The minimum absolute atomic E-state index is 0.164. The summed E-state index contributed by atoms with van der Waals surface area (Å²) in [5.74, 6) is 0. The summed E-state index contributed by atoms with van der Waals surface area (Å²) in [7, 11) is 2.19. The highest BCUT2D eigenvalue weighted by Crippen LogP contribution is 2.36. The van der Waals surface area contributed by atoms with Crippen LogP contribution in [0, 0.1) is 6.92 Å². The highest BCUT2D eigenvalue weighted by molar-refractivity contribution is 5.94. The molecule has 6 rings (SSSR count). The van der Waals surface area contributed by atoms with E-state index in [1.807, 2.05) is 6.20 Å². The van der Waals surface area contributed by atoms with Crippen molar-refractivity contribution in [2.24, 2.45) is 5.73 Å². The van der Waals surface area contributed by atoms with Gasteiger partial charge in [-0.3, -0.25) is 10.1 Å². The van der Waals surface area contributed by atoms with Gasteiger partial charge in [0.25, 0.3) is 0 Å². The van der Waals surface area contributed by atoms with E-state index >= 15 is 0 Å². The summed E-state index contributed by atoms with van der Waals surface area (Å²) in [4.78, 5) is 9.59. The number of aryl methyl sites for hydroxylation is 2. The van der Waals surface area contributed by atoms with E-state index in [0.717, 1.165) is 66.9 Å². The summed E-state index contributed by atoms with van der Waals surface area (Å²) in [5.41, 5.74) is 16.6. The number of anilines is 1. The predicted octanol–water partition coefficient (Wildman–Crippen LogP) is 4.30. The Morgan fingerprint density at radius 2 is 1.82 bits per heavy atom. The molecule has 0 saturated carbocycles. The van der Waals surface area contributed by atoms with Gasteiger partial charge in [0.1, 0.15) is 5.69 Å².